The Morgan fingerprint density at radius 2 is 1.61 bits per heavy atom. The maximum Gasteiger partial charge on any atom is 0.323 e. The number of anilines is 1. The fourth-order valence-electron chi connectivity index (χ4n) is 4.94. The second-order valence-electron chi connectivity index (χ2n) is 9.63. The summed E-state index contributed by atoms with van der Waals surface area (Å²) in [7, 11) is 0. The van der Waals surface area contributed by atoms with Gasteiger partial charge in [0.1, 0.15) is 31.0 Å². The van der Waals surface area contributed by atoms with Gasteiger partial charge in [0.15, 0.2) is 0 Å². The zero-order valence-electron chi connectivity index (χ0n) is 22.7. The van der Waals surface area contributed by atoms with E-state index in [0.717, 1.165) is 17.7 Å². The van der Waals surface area contributed by atoms with Crippen LogP contribution in [0.5, 0.6) is 5.75 Å². The lowest BCUT2D eigenvalue weighted by molar-refractivity contribution is -0.146. The van der Waals surface area contributed by atoms with E-state index in [0.29, 0.717) is 48.4 Å². The summed E-state index contributed by atoms with van der Waals surface area (Å²) in [5.41, 5.74) is 1.21. The maximum absolute atomic E-state index is 13.3. The standard InChI is InChI=1S/C29H33N3O8.ClH/c1-2-39-29(38)21(13-5-3-4-10-16-31-26(35)19-11-6-7-12-20(19)27(31)36)30-22-18-40-24-15-9-8-14-23(24)32(28(22)37)17-25(33)34;/h6-9,11-12,14-15,21-22,30H,2-5,10,13,16-18H2,1H3,(H,33,34);1H/t21-,22?;/m0./s1. The molecule has 2 aliphatic heterocycles. The van der Waals surface area contributed by atoms with Crippen molar-refractivity contribution in [2.45, 2.75) is 51.1 Å². The summed E-state index contributed by atoms with van der Waals surface area (Å²) in [6.07, 6.45) is 3.09. The van der Waals surface area contributed by atoms with Crippen molar-refractivity contribution < 1.29 is 38.6 Å². The highest BCUT2D eigenvalue weighted by atomic mass is 35.5. The zero-order chi connectivity index (χ0) is 28.6. The van der Waals surface area contributed by atoms with Crippen LogP contribution in [0.1, 0.15) is 59.7 Å². The van der Waals surface area contributed by atoms with Gasteiger partial charge in [-0.3, -0.25) is 39.1 Å². The SMILES string of the molecule is CCOC(=O)[C@H](CCCCCCN1C(=O)c2ccccc2C1=O)NC1COc2ccccc2N(CC(=O)O)C1=O.Cl. The number of carbonyl (C=O) groups is 5. The summed E-state index contributed by atoms with van der Waals surface area (Å²) in [4.78, 5) is 65.0. The molecule has 0 spiro atoms. The second-order valence-corrected chi connectivity index (χ2v) is 9.63. The Morgan fingerprint density at radius 1 is 0.976 bits per heavy atom. The van der Waals surface area contributed by atoms with E-state index in [1.54, 1.807) is 55.5 Å². The van der Waals surface area contributed by atoms with Gasteiger partial charge in [-0.1, -0.05) is 43.5 Å². The van der Waals surface area contributed by atoms with E-state index in [4.69, 9.17) is 9.47 Å². The molecule has 0 fully saturated rings. The van der Waals surface area contributed by atoms with Crippen LogP contribution in [0.3, 0.4) is 0 Å². The number of fused-ring (bicyclic) bond motifs is 2. The van der Waals surface area contributed by atoms with Crippen molar-refractivity contribution in [2.75, 3.05) is 31.2 Å². The third kappa shape index (κ3) is 7.42. The summed E-state index contributed by atoms with van der Waals surface area (Å²) in [5, 5.41) is 12.4. The summed E-state index contributed by atoms with van der Waals surface area (Å²) < 4.78 is 11.0. The first-order valence-electron chi connectivity index (χ1n) is 13.4. The first-order chi connectivity index (χ1) is 19.3. The number of carbonyl (C=O) groups excluding carboxylic acids is 4. The number of halogens is 1. The number of para-hydroxylation sites is 2. The molecule has 12 heteroatoms. The highest BCUT2D eigenvalue weighted by molar-refractivity contribution is 6.21. The van der Waals surface area contributed by atoms with Crippen molar-refractivity contribution >= 4 is 47.8 Å². The van der Waals surface area contributed by atoms with E-state index in [-0.39, 0.29) is 37.4 Å². The van der Waals surface area contributed by atoms with E-state index < -0.39 is 36.5 Å². The summed E-state index contributed by atoms with van der Waals surface area (Å²) in [6.45, 7) is 1.55. The number of hydrogen-bond donors (Lipinski definition) is 2. The van der Waals surface area contributed by atoms with Gasteiger partial charge < -0.3 is 14.6 Å². The molecule has 0 saturated carbocycles. The number of hydrogen-bond acceptors (Lipinski definition) is 8. The van der Waals surface area contributed by atoms with Crippen LogP contribution in [0.4, 0.5) is 5.69 Å². The third-order valence-electron chi connectivity index (χ3n) is 6.90. The molecule has 220 valence electrons. The minimum absolute atomic E-state index is 0. The lowest BCUT2D eigenvalue weighted by Gasteiger charge is -2.26. The lowest BCUT2D eigenvalue weighted by Crippen LogP contribution is -2.54. The first kappa shape index (κ1) is 31.6. The van der Waals surface area contributed by atoms with Crippen molar-refractivity contribution in [1.29, 1.82) is 0 Å². The van der Waals surface area contributed by atoms with Crippen molar-refractivity contribution in [2.24, 2.45) is 0 Å². The van der Waals surface area contributed by atoms with Crippen molar-refractivity contribution in [3.63, 3.8) is 0 Å². The molecule has 2 heterocycles. The number of benzene rings is 2. The summed E-state index contributed by atoms with van der Waals surface area (Å²) >= 11 is 0. The zero-order valence-corrected chi connectivity index (χ0v) is 23.6. The maximum atomic E-state index is 13.3. The molecule has 2 atom stereocenters. The monoisotopic (exact) mass is 587 g/mol. The number of amides is 3. The highest BCUT2D eigenvalue weighted by Gasteiger charge is 2.36. The van der Waals surface area contributed by atoms with Crippen LogP contribution in [-0.4, -0.2) is 78.1 Å². The molecule has 0 radical (unpaired) electrons. The Kier molecular flexibility index (Phi) is 11.2. The number of nitrogens with zero attached hydrogens (tertiary/aromatic N) is 2. The number of nitrogens with one attached hydrogen (secondary N) is 1. The minimum atomic E-state index is -1.17. The molecule has 0 bridgehead atoms. The molecule has 2 aromatic carbocycles. The van der Waals surface area contributed by atoms with Crippen molar-refractivity contribution in [1.82, 2.24) is 10.2 Å². The summed E-state index contributed by atoms with van der Waals surface area (Å²) in [5.74, 6) is -2.36. The molecule has 2 aliphatic rings. The van der Waals surface area contributed by atoms with Crippen LogP contribution in [0.15, 0.2) is 48.5 Å². The number of unbranched alkanes of at least 4 members (excludes halogenated alkanes) is 3. The summed E-state index contributed by atoms with van der Waals surface area (Å²) in [6, 6.07) is 11.7. The van der Waals surface area contributed by atoms with Gasteiger partial charge in [-0.2, -0.15) is 0 Å². The molecule has 0 aliphatic carbocycles. The fourth-order valence-corrected chi connectivity index (χ4v) is 4.94. The van der Waals surface area contributed by atoms with E-state index in [1.807, 2.05) is 0 Å². The Bertz CT molecular complexity index is 1250. The first-order valence-corrected chi connectivity index (χ1v) is 13.4. The number of esters is 1. The van der Waals surface area contributed by atoms with Crippen molar-refractivity contribution in [3.05, 3.63) is 59.7 Å². The molecule has 0 saturated heterocycles. The molecule has 2 aromatic rings. The normalized spacial score (nSPS) is 16.7. The molecule has 41 heavy (non-hydrogen) atoms. The van der Waals surface area contributed by atoms with E-state index >= 15 is 0 Å². The van der Waals surface area contributed by atoms with Crippen LogP contribution in [0.25, 0.3) is 0 Å². The van der Waals surface area contributed by atoms with Crippen LogP contribution >= 0.6 is 12.4 Å². The van der Waals surface area contributed by atoms with Crippen LogP contribution in [0, 0.1) is 0 Å². The Morgan fingerprint density at radius 3 is 2.27 bits per heavy atom. The number of aliphatic carboxylic acids is 1. The van der Waals surface area contributed by atoms with Crippen molar-refractivity contribution in [3.8, 4) is 5.75 Å². The average molecular weight is 588 g/mol. The molecule has 4 rings (SSSR count). The van der Waals surface area contributed by atoms with Gasteiger partial charge in [0.25, 0.3) is 11.8 Å². The van der Waals surface area contributed by atoms with E-state index in [9.17, 15) is 29.1 Å². The quantitative estimate of drug-likeness (QED) is 0.205. The number of ether oxygens (including phenoxy) is 2. The largest absolute Gasteiger partial charge is 0.489 e. The number of imide groups is 1. The predicted octanol–water partition coefficient (Wildman–Crippen LogP) is 3.06. The Hall–Kier alpha value is -3.96. The molecule has 3 amide bonds. The molecule has 11 nitrogen and oxygen atoms in total. The van der Waals surface area contributed by atoms with Crippen LogP contribution in [0.2, 0.25) is 0 Å². The number of rotatable bonds is 13. The van der Waals surface area contributed by atoms with Gasteiger partial charge in [0.2, 0.25) is 5.91 Å². The van der Waals surface area contributed by atoms with Gasteiger partial charge in [0.05, 0.1) is 23.4 Å². The molecule has 0 aromatic heterocycles. The molecular formula is C29H34ClN3O8. The minimum Gasteiger partial charge on any atom is -0.489 e. The van der Waals surface area contributed by atoms with E-state index in [1.165, 1.54) is 4.90 Å². The molecular weight excluding hydrogens is 554 g/mol. The Balaban J connectivity index is 0.00000462. The molecule has 1 unspecified atom stereocenters. The van der Waals surface area contributed by atoms with Gasteiger partial charge in [-0.25, -0.2) is 0 Å². The second kappa shape index (κ2) is 14.6. The number of carboxylic acid groups (broad SMARTS) is 1. The van der Waals surface area contributed by atoms with E-state index in [2.05, 4.69) is 5.32 Å². The fraction of sp³-hybridized carbons (Fsp3) is 0.414. The number of carboxylic acids is 1. The highest BCUT2D eigenvalue weighted by Crippen LogP contribution is 2.31. The average Bonchev–Trinajstić information content (AvgIpc) is 3.11. The van der Waals surface area contributed by atoms with Gasteiger partial charge in [-0.05, 0) is 44.0 Å². The third-order valence-corrected chi connectivity index (χ3v) is 6.90. The van der Waals surface area contributed by atoms with Crippen LogP contribution in [-0.2, 0) is 19.1 Å². The lowest BCUT2D eigenvalue weighted by atomic mass is 10.1. The Labute approximate surface area is 244 Å². The van der Waals surface area contributed by atoms with Gasteiger partial charge in [-0.15, -0.1) is 12.4 Å². The van der Waals surface area contributed by atoms with Gasteiger partial charge in [0, 0.05) is 6.54 Å². The molecule has 2 N–H and O–H groups in total. The van der Waals surface area contributed by atoms with Crippen LogP contribution < -0.4 is 15.0 Å². The topological polar surface area (TPSA) is 143 Å². The predicted molar refractivity (Wildman–Crippen MR) is 151 cm³/mol. The smallest absolute Gasteiger partial charge is 0.323 e. The van der Waals surface area contributed by atoms with Gasteiger partial charge >= 0.3 is 11.9 Å².